The molecule has 1 unspecified atom stereocenters. The summed E-state index contributed by atoms with van der Waals surface area (Å²) in [6, 6.07) is 9.20. The Balaban J connectivity index is 2.40. The number of para-hydroxylation sites is 1. The molecule has 1 heterocycles. The molecule has 0 saturated heterocycles. The first-order valence-electron chi connectivity index (χ1n) is 5.88. The average Bonchev–Trinajstić information content (AvgIpc) is 2.44. The van der Waals surface area contributed by atoms with Gasteiger partial charge in [0.25, 0.3) is 0 Å². The highest BCUT2D eigenvalue weighted by Gasteiger charge is 2.37. The van der Waals surface area contributed by atoms with Crippen molar-refractivity contribution in [3.63, 3.8) is 0 Å². The quantitative estimate of drug-likeness (QED) is 0.525. The molecule has 0 aliphatic carbocycles. The smallest absolute Gasteiger partial charge is 0.330 e. The van der Waals surface area contributed by atoms with Crippen LogP contribution in [0.3, 0.4) is 0 Å². The molecule has 106 valence electrons. The zero-order valence-electron chi connectivity index (χ0n) is 11.0. The minimum absolute atomic E-state index is 0.0803. The Bertz CT molecular complexity index is 571. The SMILES string of the molecule is COC1=C([N+](=O)[O-])C(Nc2ccccc2)N(C)C(Cl)=C1. The van der Waals surface area contributed by atoms with Crippen LogP contribution in [0, 0.1) is 10.1 Å². The van der Waals surface area contributed by atoms with Gasteiger partial charge in [0.2, 0.25) is 0 Å². The zero-order valence-corrected chi connectivity index (χ0v) is 11.8. The highest BCUT2D eigenvalue weighted by molar-refractivity contribution is 6.29. The minimum atomic E-state index is -0.708. The first-order chi connectivity index (χ1) is 9.54. The Morgan fingerprint density at radius 1 is 1.40 bits per heavy atom. The van der Waals surface area contributed by atoms with Gasteiger partial charge in [0.05, 0.1) is 12.0 Å². The fourth-order valence-corrected chi connectivity index (χ4v) is 2.13. The van der Waals surface area contributed by atoms with Gasteiger partial charge in [0, 0.05) is 18.8 Å². The van der Waals surface area contributed by atoms with Gasteiger partial charge in [-0.15, -0.1) is 0 Å². The number of anilines is 1. The molecule has 6 nitrogen and oxygen atoms in total. The van der Waals surface area contributed by atoms with Crippen LogP contribution in [0.15, 0.2) is 53.0 Å². The van der Waals surface area contributed by atoms with E-state index in [-0.39, 0.29) is 11.5 Å². The van der Waals surface area contributed by atoms with E-state index in [1.165, 1.54) is 13.2 Å². The number of benzene rings is 1. The van der Waals surface area contributed by atoms with Crippen LogP contribution in [0.25, 0.3) is 0 Å². The van der Waals surface area contributed by atoms with Crippen molar-refractivity contribution in [3.05, 3.63) is 63.1 Å². The van der Waals surface area contributed by atoms with Gasteiger partial charge < -0.3 is 15.0 Å². The second kappa shape index (κ2) is 5.83. The second-order valence-electron chi connectivity index (χ2n) is 4.20. The number of ether oxygens (including phenoxy) is 1. The second-order valence-corrected chi connectivity index (χ2v) is 4.59. The molecule has 0 spiro atoms. The third-order valence-electron chi connectivity index (χ3n) is 2.98. The Labute approximate surface area is 121 Å². The summed E-state index contributed by atoms with van der Waals surface area (Å²) in [5.74, 6) is 0.145. The van der Waals surface area contributed by atoms with Crippen molar-refractivity contribution in [3.8, 4) is 0 Å². The van der Waals surface area contributed by atoms with Gasteiger partial charge in [-0.1, -0.05) is 29.8 Å². The Hall–Kier alpha value is -2.21. The topological polar surface area (TPSA) is 67.6 Å². The molecule has 0 aromatic heterocycles. The summed E-state index contributed by atoms with van der Waals surface area (Å²) in [7, 11) is 3.06. The fraction of sp³-hybridized carbons (Fsp3) is 0.231. The molecule has 2 rings (SSSR count). The Kier molecular flexibility index (Phi) is 4.14. The molecule has 0 radical (unpaired) electrons. The molecule has 0 fully saturated rings. The predicted octanol–water partition coefficient (Wildman–Crippen LogP) is 2.58. The van der Waals surface area contributed by atoms with E-state index in [1.54, 1.807) is 11.9 Å². The number of likely N-dealkylation sites (N-methyl/N-ethyl adjacent to an activating group) is 1. The maximum Gasteiger partial charge on any atom is 0.330 e. The number of hydrogen-bond donors (Lipinski definition) is 1. The van der Waals surface area contributed by atoms with Crippen molar-refractivity contribution in [2.75, 3.05) is 19.5 Å². The summed E-state index contributed by atoms with van der Waals surface area (Å²) in [6.45, 7) is 0. The number of nitrogens with zero attached hydrogens (tertiary/aromatic N) is 2. The van der Waals surface area contributed by atoms with Gasteiger partial charge in [-0.05, 0) is 12.1 Å². The van der Waals surface area contributed by atoms with Crippen LogP contribution >= 0.6 is 11.6 Å². The van der Waals surface area contributed by atoms with Gasteiger partial charge in [-0.2, -0.15) is 0 Å². The summed E-state index contributed by atoms with van der Waals surface area (Å²) in [4.78, 5) is 12.4. The van der Waals surface area contributed by atoms with Crippen molar-refractivity contribution in [1.29, 1.82) is 0 Å². The molecule has 0 bridgehead atoms. The number of allylic oxidation sites excluding steroid dienone is 1. The van der Waals surface area contributed by atoms with E-state index >= 15 is 0 Å². The van der Waals surface area contributed by atoms with Crippen LogP contribution in [-0.2, 0) is 4.74 Å². The third-order valence-corrected chi connectivity index (χ3v) is 3.36. The number of methoxy groups -OCH3 is 1. The molecule has 1 aliphatic heterocycles. The molecule has 20 heavy (non-hydrogen) atoms. The predicted molar refractivity (Wildman–Crippen MR) is 76.6 cm³/mol. The van der Waals surface area contributed by atoms with E-state index in [1.807, 2.05) is 30.3 Å². The van der Waals surface area contributed by atoms with Crippen LogP contribution < -0.4 is 5.32 Å². The molecule has 7 heteroatoms. The molecule has 1 aromatic carbocycles. The Morgan fingerprint density at radius 2 is 2.05 bits per heavy atom. The van der Waals surface area contributed by atoms with E-state index < -0.39 is 11.1 Å². The lowest BCUT2D eigenvalue weighted by molar-refractivity contribution is -0.435. The van der Waals surface area contributed by atoms with Gasteiger partial charge in [-0.25, -0.2) is 0 Å². The normalized spacial score (nSPS) is 18.6. The summed E-state index contributed by atoms with van der Waals surface area (Å²) in [6.07, 6.45) is 0.725. The van der Waals surface area contributed by atoms with Crippen molar-refractivity contribution < 1.29 is 9.66 Å². The van der Waals surface area contributed by atoms with Crippen molar-refractivity contribution >= 4 is 17.3 Å². The van der Waals surface area contributed by atoms with E-state index in [0.29, 0.717) is 5.16 Å². The molecule has 0 saturated carbocycles. The van der Waals surface area contributed by atoms with Gasteiger partial charge in [0.15, 0.2) is 11.9 Å². The lowest BCUT2D eigenvalue weighted by atomic mass is 10.2. The largest absolute Gasteiger partial charge is 0.490 e. The molecule has 1 aromatic rings. The number of nitro groups is 1. The van der Waals surface area contributed by atoms with Crippen LogP contribution in [-0.4, -0.2) is 30.1 Å². The monoisotopic (exact) mass is 295 g/mol. The molecular weight excluding hydrogens is 282 g/mol. The maximum atomic E-state index is 11.3. The molecule has 1 aliphatic rings. The summed E-state index contributed by atoms with van der Waals surface area (Å²) in [5.41, 5.74) is 0.675. The lowest BCUT2D eigenvalue weighted by Gasteiger charge is -2.31. The van der Waals surface area contributed by atoms with E-state index in [0.717, 1.165) is 5.69 Å². The molecule has 0 amide bonds. The first kappa shape index (κ1) is 14.2. The van der Waals surface area contributed by atoms with Gasteiger partial charge in [0.1, 0.15) is 5.16 Å². The average molecular weight is 296 g/mol. The van der Waals surface area contributed by atoms with Crippen LogP contribution in [0.4, 0.5) is 5.69 Å². The highest BCUT2D eigenvalue weighted by atomic mass is 35.5. The Morgan fingerprint density at radius 3 is 2.60 bits per heavy atom. The highest BCUT2D eigenvalue weighted by Crippen LogP contribution is 2.29. The standard InChI is InChI=1S/C13H14ClN3O3/c1-16-11(14)8-10(20-2)12(17(18)19)13(16)15-9-6-4-3-5-7-9/h3-8,13,15H,1-2H3. The van der Waals surface area contributed by atoms with Crippen LogP contribution in [0.2, 0.25) is 0 Å². The summed E-state index contributed by atoms with van der Waals surface area (Å²) in [5, 5.41) is 14.7. The van der Waals surface area contributed by atoms with Crippen molar-refractivity contribution in [2.24, 2.45) is 0 Å². The van der Waals surface area contributed by atoms with Crippen LogP contribution in [0.5, 0.6) is 0 Å². The minimum Gasteiger partial charge on any atom is -0.490 e. The maximum absolute atomic E-state index is 11.3. The molecule has 1 N–H and O–H groups in total. The molecular formula is C13H14ClN3O3. The fourth-order valence-electron chi connectivity index (χ4n) is 1.94. The molecule has 1 atom stereocenters. The lowest BCUT2D eigenvalue weighted by Crippen LogP contribution is -2.43. The number of nitrogens with one attached hydrogen (secondary N) is 1. The number of halogens is 1. The van der Waals surface area contributed by atoms with Gasteiger partial charge >= 0.3 is 5.70 Å². The summed E-state index contributed by atoms with van der Waals surface area (Å²) >= 11 is 6.08. The third kappa shape index (κ3) is 2.70. The van der Waals surface area contributed by atoms with Gasteiger partial charge in [-0.3, -0.25) is 10.1 Å². The summed E-state index contributed by atoms with van der Waals surface area (Å²) < 4.78 is 5.06. The van der Waals surface area contributed by atoms with E-state index in [4.69, 9.17) is 16.3 Å². The number of rotatable bonds is 4. The first-order valence-corrected chi connectivity index (χ1v) is 6.26. The van der Waals surface area contributed by atoms with Crippen molar-refractivity contribution in [1.82, 2.24) is 4.90 Å². The number of hydrogen-bond acceptors (Lipinski definition) is 5. The van der Waals surface area contributed by atoms with Crippen molar-refractivity contribution in [2.45, 2.75) is 6.17 Å². The van der Waals surface area contributed by atoms with Crippen LogP contribution in [0.1, 0.15) is 0 Å². The van der Waals surface area contributed by atoms with E-state index in [9.17, 15) is 10.1 Å². The zero-order chi connectivity index (χ0) is 14.7. The van der Waals surface area contributed by atoms with E-state index in [2.05, 4.69) is 5.32 Å².